The van der Waals surface area contributed by atoms with Crippen LogP contribution in [0, 0.1) is 6.92 Å². The molecule has 0 unspecified atom stereocenters. The molecule has 134 valence electrons. The second-order valence-corrected chi connectivity index (χ2v) is 6.57. The highest BCUT2D eigenvalue weighted by molar-refractivity contribution is 5.94. The number of aromatic nitrogens is 3. The zero-order chi connectivity index (χ0) is 18.4. The monoisotopic (exact) mass is 356 g/mol. The van der Waals surface area contributed by atoms with Crippen molar-refractivity contribution in [2.45, 2.75) is 26.2 Å². The molecule has 0 aromatic carbocycles. The molecule has 5 nitrogen and oxygen atoms in total. The molecule has 0 fully saturated rings. The maximum absolute atomic E-state index is 13.2. The summed E-state index contributed by atoms with van der Waals surface area (Å²) >= 11 is 0. The van der Waals surface area contributed by atoms with Crippen molar-refractivity contribution in [3.05, 3.63) is 57.9 Å². The first-order valence-corrected chi connectivity index (χ1v) is 8.46. The Morgan fingerprint density at radius 2 is 1.96 bits per heavy atom. The minimum absolute atomic E-state index is 0.0721. The third-order valence-electron chi connectivity index (χ3n) is 4.91. The van der Waals surface area contributed by atoms with Gasteiger partial charge in [0.15, 0.2) is 0 Å². The van der Waals surface area contributed by atoms with Crippen LogP contribution in [0.4, 0.5) is 20.2 Å². The van der Waals surface area contributed by atoms with Gasteiger partial charge in [0.05, 0.1) is 35.0 Å². The largest absolute Gasteiger partial charge is 0.338 e. The summed E-state index contributed by atoms with van der Waals surface area (Å²) in [6, 6.07) is 3.35. The van der Waals surface area contributed by atoms with E-state index in [1.54, 1.807) is 30.9 Å². The van der Waals surface area contributed by atoms with E-state index in [-0.39, 0.29) is 11.1 Å². The maximum Gasteiger partial charge on any atom is 0.265 e. The zero-order valence-corrected chi connectivity index (χ0v) is 14.5. The number of fused-ring (bicyclic) bond motifs is 2. The Kier molecular flexibility index (Phi) is 3.94. The number of nitrogens with zero attached hydrogens (tertiary/aromatic N) is 4. The van der Waals surface area contributed by atoms with Gasteiger partial charge in [0.2, 0.25) is 0 Å². The topological polar surface area (TPSA) is 51.0 Å². The van der Waals surface area contributed by atoms with Crippen molar-refractivity contribution in [3.8, 4) is 0 Å². The number of pyridine rings is 3. The molecule has 0 atom stereocenters. The molecule has 0 amide bonds. The second kappa shape index (κ2) is 6.16. The maximum atomic E-state index is 13.2. The van der Waals surface area contributed by atoms with Crippen LogP contribution in [0.1, 0.15) is 29.7 Å². The first-order chi connectivity index (χ1) is 12.5. The molecule has 0 saturated carbocycles. The van der Waals surface area contributed by atoms with Gasteiger partial charge in [-0.15, -0.1) is 0 Å². The molecular formula is C19H18F2N4O. The molecule has 1 aliphatic heterocycles. The lowest BCUT2D eigenvalue weighted by atomic mass is 10.0. The highest BCUT2D eigenvalue weighted by Crippen LogP contribution is 2.37. The molecule has 0 saturated heterocycles. The Hall–Kier alpha value is -2.83. The average Bonchev–Trinajstić information content (AvgIpc) is 2.65. The molecule has 0 aliphatic carbocycles. The summed E-state index contributed by atoms with van der Waals surface area (Å²) in [5.74, 6) is 0. The van der Waals surface area contributed by atoms with Crippen LogP contribution in [-0.4, -0.2) is 21.1 Å². The Morgan fingerprint density at radius 1 is 1.15 bits per heavy atom. The standard InChI is InChI=1S/C19H18F2N4O/c1-11-6-13-16(24(2)19(11)26)9-22-10-17(13)25-5-3-4-14-15(25)7-12(8-23-14)18(20)21/h6-10,18H,3-5H2,1-2H3. The van der Waals surface area contributed by atoms with Gasteiger partial charge in [-0.3, -0.25) is 14.8 Å². The Balaban J connectivity index is 1.95. The fourth-order valence-electron chi connectivity index (χ4n) is 3.55. The van der Waals surface area contributed by atoms with Gasteiger partial charge in [-0.25, -0.2) is 8.78 Å². The summed E-state index contributed by atoms with van der Waals surface area (Å²) in [6.07, 6.45) is 3.68. The minimum atomic E-state index is -2.56. The quantitative estimate of drug-likeness (QED) is 0.703. The van der Waals surface area contributed by atoms with Gasteiger partial charge >= 0.3 is 0 Å². The van der Waals surface area contributed by atoms with Crippen LogP contribution in [0.15, 0.2) is 35.5 Å². The van der Waals surface area contributed by atoms with Crippen molar-refractivity contribution < 1.29 is 8.78 Å². The predicted molar refractivity (Wildman–Crippen MR) is 96.2 cm³/mol. The molecule has 1 aliphatic rings. The van der Waals surface area contributed by atoms with Gasteiger partial charge in [0.1, 0.15) is 0 Å². The number of alkyl halides is 2. The summed E-state index contributed by atoms with van der Waals surface area (Å²) in [7, 11) is 1.71. The third kappa shape index (κ3) is 2.55. The van der Waals surface area contributed by atoms with E-state index in [1.807, 2.05) is 11.0 Å². The summed E-state index contributed by atoms with van der Waals surface area (Å²) in [5, 5.41) is 0.870. The average molecular weight is 356 g/mol. The number of halogens is 2. The Labute approximate surface area is 148 Å². The van der Waals surface area contributed by atoms with E-state index in [1.165, 1.54) is 12.3 Å². The van der Waals surface area contributed by atoms with E-state index in [0.717, 1.165) is 29.6 Å². The molecule has 4 heterocycles. The summed E-state index contributed by atoms with van der Waals surface area (Å²) < 4.78 is 27.9. The van der Waals surface area contributed by atoms with E-state index in [4.69, 9.17) is 0 Å². The molecule has 3 aromatic rings. The zero-order valence-electron chi connectivity index (χ0n) is 14.5. The number of anilines is 2. The van der Waals surface area contributed by atoms with Crippen molar-refractivity contribution in [1.82, 2.24) is 14.5 Å². The minimum Gasteiger partial charge on any atom is -0.338 e. The fraction of sp³-hybridized carbons (Fsp3) is 0.316. The molecule has 0 radical (unpaired) electrons. The van der Waals surface area contributed by atoms with Crippen molar-refractivity contribution in [3.63, 3.8) is 0 Å². The van der Waals surface area contributed by atoms with Crippen molar-refractivity contribution >= 4 is 22.3 Å². The third-order valence-corrected chi connectivity index (χ3v) is 4.91. The smallest absolute Gasteiger partial charge is 0.265 e. The van der Waals surface area contributed by atoms with Crippen LogP contribution in [0.5, 0.6) is 0 Å². The predicted octanol–water partition coefficient (Wildman–Crippen LogP) is 3.66. The highest BCUT2D eigenvalue weighted by Gasteiger charge is 2.24. The van der Waals surface area contributed by atoms with Gasteiger partial charge in [-0.05, 0) is 31.9 Å². The second-order valence-electron chi connectivity index (χ2n) is 6.57. The molecule has 0 spiro atoms. The lowest BCUT2D eigenvalue weighted by Crippen LogP contribution is -2.27. The van der Waals surface area contributed by atoms with Crippen LogP contribution < -0.4 is 10.5 Å². The molecule has 7 heteroatoms. The number of hydrogen-bond acceptors (Lipinski definition) is 4. The Morgan fingerprint density at radius 3 is 2.73 bits per heavy atom. The summed E-state index contributed by atoms with van der Waals surface area (Å²) in [6.45, 7) is 2.46. The lowest BCUT2D eigenvalue weighted by Gasteiger charge is -2.31. The molecule has 0 bridgehead atoms. The summed E-state index contributed by atoms with van der Waals surface area (Å²) in [4.78, 5) is 22.7. The molecule has 3 aromatic heterocycles. The van der Waals surface area contributed by atoms with Gasteiger partial charge in [0, 0.05) is 36.3 Å². The SMILES string of the molecule is Cc1cc2c(N3CCCc4ncc(C(F)F)cc43)cncc2n(C)c1=O. The van der Waals surface area contributed by atoms with E-state index < -0.39 is 6.43 Å². The van der Waals surface area contributed by atoms with Crippen LogP contribution >= 0.6 is 0 Å². The van der Waals surface area contributed by atoms with Crippen LogP contribution in [0.25, 0.3) is 10.9 Å². The first kappa shape index (κ1) is 16.6. The van der Waals surface area contributed by atoms with Crippen LogP contribution in [0.3, 0.4) is 0 Å². The Bertz CT molecular complexity index is 1060. The van der Waals surface area contributed by atoms with Crippen LogP contribution in [0.2, 0.25) is 0 Å². The molecule has 0 N–H and O–H groups in total. The van der Waals surface area contributed by atoms with E-state index in [2.05, 4.69) is 9.97 Å². The number of aryl methyl sites for hydroxylation is 3. The highest BCUT2D eigenvalue weighted by atomic mass is 19.3. The lowest BCUT2D eigenvalue weighted by molar-refractivity contribution is 0.151. The van der Waals surface area contributed by atoms with E-state index in [9.17, 15) is 13.6 Å². The van der Waals surface area contributed by atoms with Gasteiger partial charge in [-0.1, -0.05) is 0 Å². The van der Waals surface area contributed by atoms with Crippen LogP contribution in [-0.2, 0) is 13.5 Å². The first-order valence-electron chi connectivity index (χ1n) is 8.46. The van der Waals surface area contributed by atoms with Crippen molar-refractivity contribution in [1.29, 1.82) is 0 Å². The fourth-order valence-corrected chi connectivity index (χ4v) is 3.55. The normalized spacial score (nSPS) is 14.1. The molecular weight excluding hydrogens is 338 g/mol. The van der Waals surface area contributed by atoms with Gasteiger partial charge in [-0.2, -0.15) is 0 Å². The van der Waals surface area contributed by atoms with Gasteiger partial charge in [0.25, 0.3) is 12.0 Å². The summed E-state index contributed by atoms with van der Waals surface area (Å²) in [5.41, 5.74) is 3.47. The van der Waals surface area contributed by atoms with Crippen molar-refractivity contribution in [2.24, 2.45) is 7.05 Å². The van der Waals surface area contributed by atoms with E-state index >= 15 is 0 Å². The number of hydrogen-bond donors (Lipinski definition) is 0. The number of rotatable bonds is 2. The van der Waals surface area contributed by atoms with E-state index in [0.29, 0.717) is 23.3 Å². The molecule has 26 heavy (non-hydrogen) atoms. The molecule has 4 rings (SSSR count). The van der Waals surface area contributed by atoms with Gasteiger partial charge < -0.3 is 9.47 Å². The van der Waals surface area contributed by atoms with Crippen molar-refractivity contribution in [2.75, 3.05) is 11.4 Å².